The summed E-state index contributed by atoms with van der Waals surface area (Å²) in [6.07, 6.45) is 1.55. The summed E-state index contributed by atoms with van der Waals surface area (Å²) < 4.78 is 0. The number of halogens is 3. The van der Waals surface area contributed by atoms with Crippen molar-refractivity contribution >= 4 is 41.5 Å². The first-order valence-electron chi connectivity index (χ1n) is 6.31. The van der Waals surface area contributed by atoms with E-state index in [-0.39, 0.29) is 18.3 Å². The molecule has 0 aliphatic carbocycles. The Morgan fingerprint density at radius 1 is 1.35 bits per heavy atom. The van der Waals surface area contributed by atoms with Crippen LogP contribution in [0, 0.1) is 0 Å². The molecule has 1 aromatic rings. The van der Waals surface area contributed by atoms with Gasteiger partial charge in [0.25, 0.3) is 0 Å². The van der Waals surface area contributed by atoms with Crippen LogP contribution >= 0.6 is 35.6 Å². The maximum Gasteiger partial charge on any atom is 0.237 e. The molecule has 6 heteroatoms. The Balaban J connectivity index is 0.00000361. The molecule has 20 heavy (non-hydrogen) atoms. The first-order chi connectivity index (χ1) is 8.77. The van der Waals surface area contributed by atoms with E-state index in [2.05, 4.69) is 5.32 Å². The zero-order valence-electron chi connectivity index (χ0n) is 11.9. The minimum atomic E-state index is -0.545. The van der Waals surface area contributed by atoms with Gasteiger partial charge in [0.05, 0.1) is 21.6 Å². The van der Waals surface area contributed by atoms with Crippen molar-refractivity contribution in [2.24, 2.45) is 5.73 Å². The predicted octanol–water partition coefficient (Wildman–Crippen LogP) is 3.89. The Hall–Kier alpha value is -0.480. The van der Waals surface area contributed by atoms with E-state index in [9.17, 15) is 4.79 Å². The Morgan fingerprint density at radius 2 is 1.95 bits per heavy atom. The molecule has 0 aliphatic heterocycles. The van der Waals surface area contributed by atoms with Crippen LogP contribution in [0.4, 0.5) is 0 Å². The highest BCUT2D eigenvalue weighted by Crippen LogP contribution is 2.28. The van der Waals surface area contributed by atoms with Crippen molar-refractivity contribution < 1.29 is 4.79 Å². The molecular weight excluding hydrogens is 319 g/mol. The van der Waals surface area contributed by atoms with Gasteiger partial charge in [-0.1, -0.05) is 42.6 Å². The molecule has 3 N–H and O–H groups in total. The van der Waals surface area contributed by atoms with E-state index in [0.29, 0.717) is 16.5 Å². The van der Waals surface area contributed by atoms with Gasteiger partial charge in [-0.2, -0.15) is 0 Å². The van der Waals surface area contributed by atoms with E-state index < -0.39 is 11.6 Å². The molecule has 3 nitrogen and oxygen atoms in total. The fourth-order valence-electron chi connectivity index (χ4n) is 1.80. The van der Waals surface area contributed by atoms with Crippen molar-refractivity contribution in [2.45, 2.75) is 45.2 Å². The molecule has 0 radical (unpaired) electrons. The number of rotatable bonds is 5. The molecule has 0 aliphatic rings. The Bertz CT molecular complexity index is 464. The van der Waals surface area contributed by atoms with Gasteiger partial charge in [-0.3, -0.25) is 4.79 Å². The van der Waals surface area contributed by atoms with E-state index in [1.165, 1.54) is 0 Å². The minimum absolute atomic E-state index is 0. The van der Waals surface area contributed by atoms with Crippen molar-refractivity contribution in [3.8, 4) is 0 Å². The first-order valence-corrected chi connectivity index (χ1v) is 7.06. The van der Waals surface area contributed by atoms with Crippen LogP contribution in [0.15, 0.2) is 18.2 Å². The van der Waals surface area contributed by atoms with Crippen LogP contribution in [-0.4, -0.2) is 11.9 Å². The summed E-state index contributed by atoms with van der Waals surface area (Å²) in [6, 6.07) is 4.85. The van der Waals surface area contributed by atoms with Gasteiger partial charge in [-0.05, 0) is 38.0 Å². The number of nitrogens with two attached hydrogens (primary N) is 1. The molecule has 0 fully saturated rings. The molecular formula is C14H21Cl3N2O. The third-order valence-corrected chi connectivity index (χ3v) is 3.75. The molecule has 1 rings (SSSR count). The Labute approximate surface area is 136 Å². The fraction of sp³-hybridized carbons (Fsp3) is 0.500. The van der Waals surface area contributed by atoms with Gasteiger partial charge >= 0.3 is 0 Å². The number of nitrogens with one attached hydrogen (secondary N) is 1. The van der Waals surface area contributed by atoms with Crippen LogP contribution in [0.25, 0.3) is 0 Å². The average molecular weight is 340 g/mol. The Morgan fingerprint density at radius 3 is 2.45 bits per heavy atom. The first kappa shape index (κ1) is 19.5. The lowest BCUT2D eigenvalue weighted by Crippen LogP contribution is -2.48. The van der Waals surface area contributed by atoms with Crippen LogP contribution in [0.3, 0.4) is 0 Å². The maximum absolute atomic E-state index is 12.0. The topological polar surface area (TPSA) is 55.1 Å². The fourth-order valence-corrected chi connectivity index (χ4v) is 2.10. The van der Waals surface area contributed by atoms with E-state index in [4.69, 9.17) is 28.9 Å². The summed E-state index contributed by atoms with van der Waals surface area (Å²) in [7, 11) is 0. The molecule has 0 spiro atoms. The molecule has 0 heterocycles. The van der Waals surface area contributed by atoms with Gasteiger partial charge in [0.1, 0.15) is 0 Å². The Kier molecular flexibility index (Phi) is 7.89. The van der Waals surface area contributed by atoms with Crippen molar-refractivity contribution in [1.82, 2.24) is 5.32 Å². The molecule has 0 saturated heterocycles. The van der Waals surface area contributed by atoms with E-state index in [1.807, 2.05) is 26.8 Å². The van der Waals surface area contributed by atoms with Gasteiger partial charge < -0.3 is 11.1 Å². The third kappa shape index (κ3) is 5.13. The zero-order valence-corrected chi connectivity index (χ0v) is 14.2. The summed E-state index contributed by atoms with van der Waals surface area (Å²) in [4.78, 5) is 12.0. The van der Waals surface area contributed by atoms with E-state index in [1.54, 1.807) is 12.1 Å². The summed E-state index contributed by atoms with van der Waals surface area (Å²) >= 11 is 11.9. The molecule has 1 unspecified atom stereocenters. The monoisotopic (exact) mass is 338 g/mol. The smallest absolute Gasteiger partial charge is 0.237 e. The second-order valence-electron chi connectivity index (χ2n) is 5.14. The summed E-state index contributed by atoms with van der Waals surface area (Å²) in [5.41, 5.74) is 6.15. The summed E-state index contributed by atoms with van der Waals surface area (Å²) in [6.45, 7) is 5.81. The SMILES string of the molecule is CCCC(N)C(=O)NC(C)(C)c1ccc(Cl)c(Cl)c1.Cl. The number of carbonyl (C=O) groups excluding carboxylic acids is 1. The number of amides is 1. The molecule has 0 saturated carbocycles. The number of hydrogen-bond donors (Lipinski definition) is 2. The summed E-state index contributed by atoms with van der Waals surface area (Å²) in [5.74, 6) is -0.155. The molecule has 0 bridgehead atoms. The maximum atomic E-state index is 12.0. The highest BCUT2D eigenvalue weighted by Gasteiger charge is 2.25. The highest BCUT2D eigenvalue weighted by molar-refractivity contribution is 6.42. The van der Waals surface area contributed by atoms with Gasteiger partial charge in [0.2, 0.25) is 5.91 Å². The highest BCUT2D eigenvalue weighted by atomic mass is 35.5. The number of hydrogen-bond acceptors (Lipinski definition) is 2. The van der Waals surface area contributed by atoms with Crippen molar-refractivity contribution in [1.29, 1.82) is 0 Å². The van der Waals surface area contributed by atoms with E-state index >= 15 is 0 Å². The largest absolute Gasteiger partial charge is 0.346 e. The lowest BCUT2D eigenvalue weighted by molar-refractivity contribution is -0.124. The van der Waals surface area contributed by atoms with Gasteiger partial charge in [0.15, 0.2) is 0 Å². The van der Waals surface area contributed by atoms with Crippen LogP contribution in [0.2, 0.25) is 10.0 Å². The van der Waals surface area contributed by atoms with Gasteiger partial charge in [-0.15, -0.1) is 12.4 Å². The molecule has 1 amide bonds. The van der Waals surface area contributed by atoms with Crippen molar-refractivity contribution in [2.75, 3.05) is 0 Å². The minimum Gasteiger partial charge on any atom is -0.346 e. The standard InChI is InChI=1S/C14H20Cl2N2O.ClH/c1-4-5-12(17)13(19)18-14(2,3)9-6-7-10(15)11(16)8-9;/h6-8,12H,4-5,17H2,1-3H3,(H,18,19);1H. The van der Waals surface area contributed by atoms with Crippen LogP contribution in [0.5, 0.6) is 0 Å². The normalized spacial score (nSPS) is 12.5. The van der Waals surface area contributed by atoms with Crippen molar-refractivity contribution in [3.05, 3.63) is 33.8 Å². The lowest BCUT2D eigenvalue weighted by atomic mass is 9.93. The van der Waals surface area contributed by atoms with Crippen LogP contribution in [0.1, 0.15) is 39.2 Å². The van der Waals surface area contributed by atoms with E-state index in [0.717, 1.165) is 12.0 Å². The molecule has 1 aromatic carbocycles. The molecule has 0 aromatic heterocycles. The lowest BCUT2D eigenvalue weighted by Gasteiger charge is -2.28. The van der Waals surface area contributed by atoms with Crippen LogP contribution < -0.4 is 11.1 Å². The third-order valence-electron chi connectivity index (χ3n) is 3.01. The van der Waals surface area contributed by atoms with Crippen LogP contribution in [-0.2, 0) is 10.3 Å². The average Bonchev–Trinajstić information content (AvgIpc) is 2.32. The number of benzene rings is 1. The zero-order chi connectivity index (χ0) is 14.6. The quantitative estimate of drug-likeness (QED) is 0.855. The second-order valence-corrected chi connectivity index (χ2v) is 5.95. The second kappa shape index (κ2) is 8.08. The molecule has 114 valence electrons. The van der Waals surface area contributed by atoms with Gasteiger partial charge in [-0.25, -0.2) is 0 Å². The number of carbonyl (C=O) groups is 1. The van der Waals surface area contributed by atoms with Gasteiger partial charge in [0, 0.05) is 0 Å². The summed E-state index contributed by atoms with van der Waals surface area (Å²) in [5, 5.41) is 3.91. The molecule has 1 atom stereocenters. The predicted molar refractivity (Wildman–Crippen MR) is 87.8 cm³/mol. The van der Waals surface area contributed by atoms with Crippen molar-refractivity contribution in [3.63, 3.8) is 0 Å².